The Morgan fingerprint density at radius 3 is 1.91 bits per heavy atom. The summed E-state index contributed by atoms with van der Waals surface area (Å²) < 4.78 is 0. The van der Waals surface area contributed by atoms with Gasteiger partial charge in [-0.15, -0.1) is 0 Å². The van der Waals surface area contributed by atoms with Crippen LogP contribution in [0.4, 0.5) is 5.69 Å². The van der Waals surface area contributed by atoms with Crippen LogP contribution in [0.1, 0.15) is 19.3 Å². The molecule has 1 aliphatic carbocycles. The molecule has 4 heteroatoms. The SMILES string of the molecule is C[Si](C)(C)Nc1ccccc1[Si](C)(C)C1CCC([Si](C)(C)C)C1. The highest BCUT2D eigenvalue weighted by atomic mass is 28.3. The molecule has 1 aliphatic rings. The molecule has 2 atom stereocenters. The second-order valence-corrected chi connectivity index (χ2v) is 25.3. The summed E-state index contributed by atoms with van der Waals surface area (Å²) in [6.07, 6.45) is 4.45. The van der Waals surface area contributed by atoms with Gasteiger partial charge in [-0.1, -0.05) is 89.8 Å². The van der Waals surface area contributed by atoms with Gasteiger partial charge in [-0.2, -0.15) is 0 Å². The van der Waals surface area contributed by atoms with Crippen molar-refractivity contribution in [3.05, 3.63) is 24.3 Å². The molecule has 1 nitrogen and oxygen atoms in total. The molecule has 0 radical (unpaired) electrons. The van der Waals surface area contributed by atoms with E-state index in [1.165, 1.54) is 24.9 Å². The van der Waals surface area contributed by atoms with Crippen molar-refractivity contribution in [2.45, 2.75) is 82.7 Å². The van der Waals surface area contributed by atoms with Crippen molar-refractivity contribution in [2.24, 2.45) is 0 Å². The van der Waals surface area contributed by atoms with Gasteiger partial charge in [0, 0.05) is 13.8 Å². The minimum atomic E-state index is -1.43. The van der Waals surface area contributed by atoms with E-state index in [4.69, 9.17) is 0 Å². The smallest absolute Gasteiger partial charge is 0.144 e. The number of hydrogen-bond donors (Lipinski definition) is 1. The number of benzene rings is 1. The van der Waals surface area contributed by atoms with Crippen molar-refractivity contribution in [3.63, 3.8) is 0 Å². The highest BCUT2D eigenvalue weighted by molar-refractivity contribution is 6.93. The first kappa shape index (κ1) is 19.0. The third kappa shape index (κ3) is 4.61. The number of para-hydroxylation sites is 1. The Kier molecular flexibility index (Phi) is 5.39. The van der Waals surface area contributed by atoms with E-state index in [2.05, 4.69) is 81.6 Å². The lowest BCUT2D eigenvalue weighted by atomic mass is 10.3. The Morgan fingerprint density at radius 1 is 0.826 bits per heavy atom. The summed E-state index contributed by atoms with van der Waals surface area (Å²) in [4.78, 5) is 3.90. The van der Waals surface area contributed by atoms with Gasteiger partial charge in [0.1, 0.15) is 8.24 Å². The van der Waals surface area contributed by atoms with E-state index < -0.39 is 24.4 Å². The van der Waals surface area contributed by atoms with Gasteiger partial charge in [0.25, 0.3) is 0 Å². The molecule has 0 bridgehead atoms. The fourth-order valence-corrected chi connectivity index (χ4v) is 11.2. The van der Waals surface area contributed by atoms with E-state index in [1.54, 1.807) is 5.19 Å². The second kappa shape index (κ2) is 6.52. The first-order valence-corrected chi connectivity index (χ1v) is 19.4. The molecule has 0 spiro atoms. The van der Waals surface area contributed by atoms with Gasteiger partial charge in [0.15, 0.2) is 0 Å². The molecular formula is C19H37NSi3. The molecule has 1 saturated carbocycles. The largest absolute Gasteiger partial charge is 0.411 e. The van der Waals surface area contributed by atoms with E-state index in [0.29, 0.717) is 0 Å². The molecule has 0 heterocycles. The summed E-state index contributed by atoms with van der Waals surface area (Å²) in [5.41, 5.74) is 3.44. The van der Waals surface area contributed by atoms with Gasteiger partial charge in [-0.05, 0) is 22.3 Å². The van der Waals surface area contributed by atoms with Crippen LogP contribution in [0.25, 0.3) is 0 Å². The normalized spacial score (nSPS) is 23.1. The van der Waals surface area contributed by atoms with Gasteiger partial charge in [-0.25, -0.2) is 0 Å². The summed E-state index contributed by atoms with van der Waals surface area (Å²) in [5.74, 6) is 0. The Balaban J connectivity index is 2.27. The Labute approximate surface area is 147 Å². The van der Waals surface area contributed by atoms with Crippen LogP contribution in [-0.2, 0) is 0 Å². The molecule has 0 aromatic heterocycles. The first-order valence-electron chi connectivity index (χ1n) is 9.29. The maximum atomic E-state index is 3.90. The van der Waals surface area contributed by atoms with Crippen LogP contribution in [0.15, 0.2) is 24.3 Å². The van der Waals surface area contributed by atoms with Crippen LogP contribution in [-0.4, -0.2) is 24.4 Å². The summed E-state index contributed by atoms with van der Waals surface area (Å²) >= 11 is 0. The topological polar surface area (TPSA) is 12.0 Å². The minimum Gasteiger partial charge on any atom is -0.411 e. The zero-order valence-electron chi connectivity index (χ0n) is 16.6. The molecule has 2 unspecified atom stereocenters. The van der Waals surface area contributed by atoms with Crippen LogP contribution in [0, 0.1) is 0 Å². The van der Waals surface area contributed by atoms with Crippen molar-refractivity contribution < 1.29 is 0 Å². The predicted octanol–water partition coefficient (Wildman–Crippen LogP) is 6.11. The van der Waals surface area contributed by atoms with Crippen molar-refractivity contribution in [3.8, 4) is 0 Å². The summed E-state index contributed by atoms with van der Waals surface area (Å²) in [6.45, 7) is 20.1. The van der Waals surface area contributed by atoms with Crippen LogP contribution in [0.2, 0.25) is 63.5 Å². The lowest BCUT2D eigenvalue weighted by molar-refractivity contribution is 0.830. The van der Waals surface area contributed by atoms with Crippen LogP contribution in [0.5, 0.6) is 0 Å². The number of anilines is 1. The second-order valence-electron chi connectivity index (χ2n) is 10.2. The third-order valence-electron chi connectivity index (χ3n) is 5.81. The molecule has 0 aliphatic heterocycles. The van der Waals surface area contributed by atoms with Crippen molar-refractivity contribution >= 4 is 35.3 Å². The molecule has 2 rings (SSSR count). The molecule has 0 amide bonds. The first-order chi connectivity index (χ1) is 10.4. The molecule has 0 saturated heterocycles. The van der Waals surface area contributed by atoms with Gasteiger partial charge < -0.3 is 4.98 Å². The number of rotatable bonds is 5. The fourth-order valence-electron chi connectivity index (χ4n) is 4.20. The van der Waals surface area contributed by atoms with E-state index in [-0.39, 0.29) is 0 Å². The maximum Gasteiger partial charge on any atom is 0.144 e. The van der Waals surface area contributed by atoms with Gasteiger partial charge in [0.2, 0.25) is 0 Å². The van der Waals surface area contributed by atoms with Crippen molar-refractivity contribution in [1.29, 1.82) is 0 Å². The molecule has 23 heavy (non-hydrogen) atoms. The Hall–Kier alpha value is -0.329. The molecular weight excluding hydrogens is 326 g/mol. The standard InChI is InChI=1S/C19H37NSi3/c1-21(2,3)16-13-14-17(15-16)23(7,8)19-12-10-9-11-18(19)20-22(4,5)6/h9-12,16-17,20H,13-15H2,1-8H3. The number of nitrogens with one attached hydrogen (secondary N) is 1. The molecule has 130 valence electrons. The highest BCUT2D eigenvalue weighted by Gasteiger charge is 2.43. The third-order valence-corrected chi connectivity index (χ3v) is 14.2. The predicted molar refractivity (Wildman–Crippen MR) is 115 cm³/mol. The average molecular weight is 364 g/mol. The lowest BCUT2D eigenvalue weighted by Gasteiger charge is -2.35. The zero-order chi connectivity index (χ0) is 17.5. The van der Waals surface area contributed by atoms with Gasteiger partial charge in [-0.3, -0.25) is 0 Å². The summed E-state index contributed by atoms with van der Waals surface area (Å²) in [7, 11) is -3.73. The summed E-state index contributed by atoms with van der Waals surface area (Å²) in [5, 5.41) is 1.67. The molecule has 1 N–H and O–H groups in total. The molecule has 1 aromatic rings. The fraction of sp³-hybridized carbons (Fsp3) is 0.684. The van der Waals surface area contributed by atoms with Crippen LogP contribution < -0.4 is 10.2 Å². The Bertz CT molecular complexity index is 540. The van der Waals surface area contributed by atoms with Crippen molar-refractivity contribution in [2.75, 3.05) is 4.98 Å². The number of hydrogen-bond acceptors (Lipinski definition) is 1. The van der Waals surface area contributed by atoms with Crippen molar-refractivity contribution in [1.82, 2.24) is 0 Å². The van der Waals surface area contributed by atoms with Crippen LogP contribution in [0.3, 0.4) is 0 Å². The molecule has 1 aromatic carbocycles. The quantitative estimate of drug-likeness (QED) is 0.622. The molecule has 1 fully saturated rings. The highest BCUT2D eigenvalue weighted by Crippen LogP contribution is 2.49. The van der Waals surface area contributed by atoms with Gasteiger partial charge >= 0.3 is 0 Å². The monoisotopic (exact) mass is 363 g/mol. The zero-order valence-corrected chi connectivity index (χ0v) is 19.6. The minimum absolute atomic E-state index is 0.962. The van der Waals surface area contributed by atoms with E-state index in [0.717, 1.165) is 11.1 Å². The average Bonchev–Trinajstić information content (AvgIpc) is 2.87. The maximum absolute atomic E-state index is 3.90. The van der Waals surface area contributed by atoms with E-state index in [9.17, 15) is 0 Å². The van der Waals surface area contributed by atoms with E-state index >= 15 is 0 Å². The lowest BCUT2D eigenvalue weighted by Crippen LogP contribution is -2.48. The van der Waals surface area contributed by atoms with Crippen LogP contribution >= 0.6 is 0 Å². The summed E-state index contributed by atoms with van der Waals surface area (Å²) in [6, 6.07) is 9.21. The van der Waals surface area contributed by atoms with E-state index in [1.807, 2.05) is 0 Å². The van der Waals surface area contributed by atoms with Gasteiger partial charge in [0.05, 0.1) is 8.07 Å². The Morgan fingerprint density at radius 2 is 1.39 bits per heavy atom.